The van der Waals surface area contributed by atoms with Gasteiger partial charge in [0, 0.05) is 11.5 Å². The highest BCUT2D eigenvalue weighted by Crippen LogP contribution is 2.35. The van der Waals surface area contributed by atoms with Gasteiger partial charge in [0.15, 0.2) is 5.78 Å². The maximum absolute atomic E-state index is 12.7. The van der Waals surface area contributed by atoms with Crippen molar-refractivity contribution >= 4 is 11.8 Å². The summed E-state index contributed by atoms with van der Waals surface area (Å²) in [7, 11) is 0. The minimum absolute atomic E-state index is 0.0305. The van der Waals surface area contributed by atoms with Crippen LogP contribution in [-0.4, -0.2) is 16.9 Å². The first-order valence-corrected chi connectivity index (χ1v) is 9.48. The third-order valence-corrected chi connectivity index (χ3v) is 5.54. The summed E-state index contributed by atoms with van der Waals surface area (Å²) >= 11 is 0. The Balaban J connectivity index is 1.81. The van der Waals surface area contributed by atoms with Crippen LogP contribution in [0.3, 0.4) is 0 Å². The van der Waals surface area contributed by atoms with Crippen LogP contribution in [0.5, 0.6) is 0 Å². The first kappa shape index (κ1) is 18.4. The maximum Gasteiger partial charge on any atom is 0.307 e. The van der Waals surface area contributed by atoms with Gasteiger partial charge < -0.3 is 5.11 Å². The number of rotatable bonds is 6. The first-order chi connectivity index (χ1) is 12.5. The average molecular weight is 350 g/mol. The van der Waals surface area contributed by atoms with E-state index in [0.717, 1.165) is 30.4 Å². The fourth-order valence-electron chi connectivity index (χ4n) is 4.00. The Morgan fingerprint density at radius 3 is 2.31 bits per heavy atom. The number of benzene rings is 2. The summed E-state index contributed by atoms with van der Waals surface area (Å²) in [6.07, 6.45) is 4.27. The number of carbonyl (C=O) groups is 2. The summed E-state index contributed by atoms with van der Waals surface area (Å²) in [5.41, 5.74) is 5.53. The molecule has 2 unspecified atom stereocenters. The smallest absolute Gasteiger partial charge is 0.307 e. The van der Waals surface area contributed by atoms with Gasteiger partial charge in [-0.1, -0.05) is 62.2 Å². The largest absolute Gasteiger partial charge is 0.481 e. The topological polar surface area (TPSA) is 54.4 Å². The van der Waals surface area contributed by atoms with Crippen LogP contribution < -0.4 is 0 Å². The van der Waals surface area contributed by atoms with Crippen LogP contribution in [0.4, 0.5) is 0 Å². The Hall–Kier alpha value is -2.42. The van der Waals surface area contributed by atoms with E-state index in [9.17, 15) is 14.7 Å². The summed E-state index contributed by atoms with van der Waals surface area (Å²) < 4.78 is 0. The van der Waals surface area contributed by atoms with Crippen LogP contribution in [0.1, 0.15) is 54.1 Å². The number of aryl methyl sites for hydroxylation is 2. The Morgan fingerprint density at radius 2 is 1.65 bits per heavy atom. The van der Waals surface area contributed by atoms with E-state index in [4.69, 9.17) is 0 Å². The van der Waals surface area contributed by atoms with Crippen LogP contribution in [0, 0.1) is 18.8 Å². The average Bonchev–Trinajstić information content (AvgIpc) is 3.13. The number of aliphatic carboxylic acids is 1. The normalized spacial score (nSPS) is 19.5. The van der Waals surface area contributed by atoms with E-state index in [-0.39, 0.29) is 11.7 Å². The third-order valence-electron chi connectivity index (χ3n) is 5.54. The van der Waals surface area contributed by atoms with Gasteiger partial charge in [0.25, 0.3) is 0 Å². The van der Waals surface area contributed by atoms with Crippen molar-refractivity contribution in [2.24, 2.45) is 11.8 Å². The standard InChI is InChI=1S/C23H26O3/c1-3-5-18-14-19(9-8-15(18)2)16-10-12-17(13-11-16)22(24)20-6-4-7-21(20)23(25)26/h8-14,20-21H,3-7H2,1-2H3,(H,25,26). The molecular formula is C23H26O3. The zero-order valence-electron chi connectivity index (χ0n) is 15.5. The molecule has 1 saturated carbocycles. The number of carboxylic acids is 1. The van der Waals surface area contributed by atoms with Crippen molar-refractivity contribution in [3.63, 3.8) is 0 Å². The van der Waals surface area contributed by atoms with E-state index in [1.165, 1.54) is 11.1 Å². The van der Waals surface area contributed by atoms with Crippen molar-refractivity contribution in [1.29, 1.82) is 0 Å². The number of hydrogen-bond donors (Lipinski definition) is 1. The minimum atomic E-state index is -0.847. The van der Waals surface area contributed by atoms with Crippen molar-refractivity contribution in [3.05, 3.63) is 59.2 Å². The van der Waals surface area contributed by atoms with Gasteiger partial charge in [0.05, 0.1) is 5.92 Å². The summed E-state index contributed by atoms with van der Waals surface area (Å²) in [5.74, 6) is -1.79. The van der Waals surface area contributed by atoms with E-state index in [1.807, 2.05) is 24.3 Å². The molecule has 0 aliphatic heterocycles. The number of Topliss-reactive ketones (excluding diaryl/α,β-unsaturated/α-hetero) is 1. The second-order valence-electron chi connectivity index (χ2n) is 7.31. The zero-order chi connectivity index (χ0) is 18.7. The second kappa shape index (κ2) is 7.86. The van der Waals surface area contributed by atoms with Gasteiger partial charge in [-0.25, -0.2) is 0 Å². The van der Waals surface area contributed by atoms with Crippen LogP contribution in [0.25, 0.3) is 11.1 Å². The van der Waals surface area contributed by atoms with Crippen LogP contribution in [0.2, 0.25) is 0 Å². The molecule has 1 aliphatic rings. The highest BCUT2D eigenvalue weighted by atomic mass is 16.4. The first-order valence-electron chi connectivity index (χ1n) is 9.48. The lowest BCUT2D eigenvalue weighted by atomic mass is 9.88. The molecule has 26 heavy (non-hydrogen) atoms. The minimum Gasteiger partial charge on any atom is -0.481 e. The highest BCUT2D eigenvalue weighted by molar-refractivity contribution is 6.00. The van der Waals surface area contributed by atoms with Crippen LogP contribution in [-0.2, 0) is 11.2 Å². The lowest BCUT2D eigenvalue weighted by Crippen LogP contribution is -2.25. The van der Waals surface area contributed by atoms with E-state index in [2.05, 4.69) is 32.0 Å². The molecule has 136 valence electrons. The lowest BCUT2D eigenvalue weighted by molar-refractivity contribution is -0.142. The van der Waals surface area contributed by atoms with Gasteiger partial charge in [0.2, 0.25) is 0 Å². The number of ketones is 1. The number of carboxylic acid groups (broad SMARTS) is 1. The molecular weight excluding hydrogens is 324 g/mol. The Labute approximate surface area is 155 Å². The monoisotopic (exact) mass is 350 g/mol. The van der Waals surface area contributed by atoms with E-state index in [0.29, 0.717) is 18.4 Å². The molecule has 1 N–H and O–H groups in total. The quantitative estimate of drug-likeness (QED) is 0.719. The molecule has 0 aromatic heterocycles. The summed E-state index contributed by atoms with van der Waals surface area (Å²) in [6, 6.07) is 14.1. The van der Waals surface area contributed by atoms with Gasteiger partial charge >= 0.3 is 5.97 Å². The van der Waals surface area contributed by atoms with Gasteiger partial charge in [-0.05, 0) is 48.4 Å². The van der Waals surface area contributed by atoms with Crippen LogP contribution in [0.15, 0.2) is 42.5 Å². The fraction of sp³-hybridized carbons (Fsp3) is 0.391. The Bertz CT molecular complexity index is 805. The summed E-state index contributed by atoms with van der Waals surface area (Å²) in [6.45, 7) is 4.32. The molecule has 0 saturated heterocycles. The molecule has 0 heterocycles. The number of hydrogen-bond acceptors (Lipinski definition) is 2. The van der Waals surface area contributed by atoms with Crippen molar-refractivity contribution in [2.45, 2.75) is 46.0 Å². The molecule has 3 nitrogen and oxygen atoms in total. The molecule has 3 rings (SSSR count). The van der Waals surface area contributed by atoms with E-state index >= 15 is 0 Å². The molecule has 1 fully saturated rings. The summed E-state index contributed by atoms with van der Waals surface area (Å²) in [5, 5.41) is 9.31. The van der Waals surface area contributed by atoms with E-state index < -0.39 is 11.9 Å². The molecule has 2 atom stereocenters. The molecule has 2 aromatic carbocycles. The molecule has 0 radical (unpaired) electrons. The predicted molar refractivity (Wildman–Crippen MR) is 103 cm³/mol. The molecule has 0 spiro atoms. The van der Waals surface area contributed by atoms with Crippen LogP contribution >= 0.6 is 0 Å². The van der Waals surface area contributed by atoms with Gasteiger partial charge in [-0.3, -0.25) is 9.59 Å². The third kappa shape index (κ3) is 3.72. The molecule has 1 aliphatic carbocycles. The van der Waals surface area contributed by atoms with E-state index in [1.54, 1.807) is 0 Å². The highest BCUT2D eigenvalue weighted by Gasteiger charge is 2.37. The fourth-order valence-corrected chi connectivity index (χ4v) is 4.00. The Kier molecular flexibility index (Phi) is 5.55. The molecule has 0 amide bonds. The second-order valence-corrected chi connectivity index (χ2v) is 7.31. The van der Waals surface area contributed by atoms with Crippen molar-refractivity contribution in [2.75, 3.05) is 0 Å². The Morgan fingerprint density at radius 1 is 1.00 bits per heavy atom. The number of carbonyl (C=O) groups excluding carboxylic acids is 1. The summed E-state index contributed by atoms with van der Waals surface area (Å²) in [4.78, 5) is 24.1. The van der Waals surface area contributed by atoms with Gasteiger partial charge in [-0.15, -0.1) is 0 Å². The maximum atomic E-state index is 12.7. The van der Waals surface area contributed by atoms with Gasteiger partial charge in [0.1, 0.15) is 0 Å². The molecule has 2 aromatic rings. The van der Waals surface area contributed by atoms with Crippen molar-refractivity contribution < 1.29 is 14.7 Å². The van der Waals surface area contributed by atoms with Crippen molar-refractivity contribution in [3.8, 4) is 11.1 Å². The van der Waals surface area contributed by atoms with Crippen molar-refractivity contribution in [1.82, 2.24) is 0 Å². The molecule has 3 heteroatoms. The molecule has 0 bridgehead atoms. The lowest BCUT2D eigenvalue weighted by Gasteiger charge is -2.15. The van der Waals surface area contributed by atoms with Gasteiger partial charge in [-0.2, -0.15) is 0 Å². The predicted octanol–water partition coefficient (Wildman–Crippen LogP) is 5.30. The SMILES string of the molecule is CCCc1cc(-c2ccc(C(=O)C3CCCC3C(=O)O)cc2)ccc1C. The zero-order valence-corrected chi connectivity index (χ0v) is 15.5.